The topological polar surface area (TPSA) is 278 Å². The molecule has 2 heterocycles. The third-order valence-corrected chi connectivity index (χ3v) is 12.1. The maximum Gasteiger partial charge on any atom is 0.283 e. The van der Waals surface area contributed by atoms with Crippen molar-refractivity contribution in [3.63, 3.8) is 0 Å². The molecule has 10 unspecified atom stereocenters. The third-order valence-electron chi connectivity index (χ3n) is 5.91. The number of carbonyl (C=O) groups excluding carboxylic acids is 1. The lowest BCUT2D eigenvalue weighted by Gasteiger charge is -2.28. The Balaban J connectivity index is 0.00000613. The number of rotatable bonds is 8. The molecular weight excluding hydrogens is 791 g/mol. The van der Waals surface area contributed by atoms with Crippen LogP contribution in [-0.2, 0) is 28.4 Å². The normalized spacial score (nSPS) is 35.0. The molecule has 10 N–H and O–H groups in total. The van der Waals surface area contributed by atoms with Gasteiger partial charge >= 0.3 is 0 Å². The minimum Gasteiger partial charge on any atom is -0.400 e. The highest BCUT2D eigenvalue weighted by atomic mass is 32.2. The molecule has 2 aliphatic rings. The number of aliphatic hydroxyl groups excluding tert-OH is 10. The first-order valence-corrected chi connectivity index (χ1v) is 21.5. The smallest absolute Gasteiger partial charge is 0.283 e. The van der Waals surface area contributed by atoms with Crippen molar-refractivity contribution in [3.05, 3.63) is 0 Å². The lowest BCUT2D eigenvalue weighted by atomic mass is 10.3. The van der Waals surface area contributed by atoms with Crippen LogP contribution in [0.5, 0.6) is 0 Å². The Morgan fingerprint density at radius 1 is 0.680 bits per heavy atom. The largest absolute Gasteiger partial charge is 0.400 e. The van der Waals surface area contributed by atoms with E-state index in [0.717, 1.165) is 77.7 Å². The van der Waals surface area contributed by atoms with Gasteiger partial charge in [-0.15, -0.1) is 58.8 Å². The zero-order valence-electron chi connectivity index (χ0n) is 27.6. The molecule has 50 heavy (non-hydrogen) atoms. The average Bonchev–Trinajstić information content (AvgIpc) is 3.42. The Bertz CT molecular complexity index is 869. The van der Waals surface area contributed by atoms with E-state index in [1.807, 2.05) is 0 Å². The number of hydrogen-bond donors (Lipinski definition) is 10. The molecule has 0 saturated carbocycles. The fourth-order valence-corrected chi connectivity index (χ4v) is 8.40. The van der Waals surface area contributed by atoms with Gasteiger partial charge in [0.2, 0.25) is 0 Å². The molecule has 0 aromatic heterocycles. The van der Waals surface area contributed by atoms with E-state index in [0.29, 0.717) is 0 Å². The summed E-state index contributed by atoms with van der Waals surface area (Å²) in [5, 5.41) is 97.0. The quantitative estimate of drug-likeness (QED) is 0.128. The van der Waals surface area contributed by atoms with Crippen molar-refractivity contribution in [2.75, 3.05) is 80.5 Å². The number of thioether (sulfide) groups is 6. The molecule has 0 aromatic rings. The summed E-state index contributed by atoms with van der Waals surface area (Å²) < 4.78 is 33.6. The van der Waals surface area contributed by atoms with E-state index in [-0.39, 0.29) is 52.2 Å². The molecular formula is C26H51NO17S6. The first-order valence-electron chi connectivity index (χ1n) is 15.1. The maximum absolute atomic E-state index is 12.1. The van der Waals surface area contributed by atoms with Gasteiger partial charge in [-0.05, 0) is 6.92 Å². The van der Waals surface area contributed by atoms with E-state index in [4.69, 9.17) is 33.5 Å². The van der Waals surface area contributed by atoms with Crippen LogP contribution in [0.4, 0.5) is 4.79 Å². The number of aliphatic hydroxyl groups is 10. The van der Waals surface area contributed by atoms with Gasteiger partial charge in [-0.3, -0.25) is 4.79 Å². The monoisotopic (exact) mass is 841 g/mol. The Morgan fingerprint density at radius 3 is 1.46 bits per heavy atom. The van der Waals surface area contributed by atoms with Gasteiger partial charge in [0.1, 0.15) is 28.0 Å². The predicted octanol–water partition coefficient (Wildman–Crippen LogP) is -1.92. The van der Waals surface area contributed by atoms with Crippen molar-refractivity contribution < 1.29 is 84.3 Å². The molecule has 0 aliphatic carbocycles. The van der Waals surface area contributed by atoms with E-state index >= 15 is 0 Å². The van der Waals surface area contributed by atoms with E-state index in [9.17, 15) is 50.8 Å². The summed E-state index contributed by atoms with van der Waals surface area (Å²) in [5.74, 6) is 0.122. The van der Waals surface area contributed by atoms with Crippen molar-refractivity contribution in [1.82, 2.24) is 4.90 Å². The highest BCUT2D eigenvalue weighted by Gasteiger charge is 2.32. The molecule has 2 rings (SSSR count). The summed E-state index contributed by atoms with van der Waals surface area (Å²) in [6.07, 6.45) is -7.94. The summed E-state index contributed by atoms with van der Waals surface area (Å²) in [7, 11) is 1.00. The fourth-order valence-electron chi connectivity index (χ4n) is 3.77. The van der Waals surface area contributed by atoms with Gasteiger partial charge in [0, 0.05) is 41.6 Å². The van der Waals surface area contributed by atoms with E-state index in [2.05, 4.69) is 0 Å². The molecule has 24 heteroatoms. The van der Waals surface area contributed by atoms with Gasteiger partial charge in [0.15, 0.2) is 31.5 Å². The van der Waals surface area contributed by atoms with Gasteiger partial charge in [0.05, 0.1) is 45.0 Å². The van der Waals surface area contributed by atoms with Crippen molar-refractivity contribution >= 4 is 75.8 Å². The van der Waals surface area contributed by atoms with Crippen LogP contribution in [0, 0.1) is 0 Å². The van der Waals surface area contributed by atoms with Crippen LogP contribution in [0.25, 0.3) is 0 Å². The Kier molecular flexibility index (Phi) is 28.6. The second kappa shape index (κ2) is 29.2. The number of amides is 1. The number of nitrogens with zero attached hydrogens (tertiary/aromatic N) is 1. The Hall–Kier alpha value is 0.930. The summed E-state index contributed by atoms with van der Waals surface area (Å²) in [6, 6.07) is 0. The van der Waals surface area contributed by atoms with Crippen LogP contribution in [0.2, 0.25) is 0 Å². The lowest BCUT2D eigenvalue weighted by molar-refractivity contribution is -0.147. The van der Waals surface area contributed by atoms with E-state index in [1.165, 1.54) is 4.90 Å². The van der Waals surface area contributed by atoms with E-state index < -0.39 is 92.0 Å². The van der Waals surface area contributed by atoms with Crippen LogP contribution >= 0.6 is 70.6 Å². The predicted molar refractivity (Wildman–Crippen MR) is 193 cm³/mol. The number of carbonyl (C=O) groups is 1. The Morgan fingerprint density at radius 2 is 1.08 bits per heavy atom. The second-order valence-electron chi connectivity index (χ2n) is 9.89. The van der Waals surface area contributed by atoms with E-state index in [1.54, 1.807) is 6.92 Å². The van der Waals surface area contributed by atoms with Crippen LogP contribution in [0.15, 0.2) is 0 Å². The zero-order valence-corrected chi connectivity index (χ0v) is 32.5. The third kappa shape index (κ3) is 21.1. The van der Waals surface area contributed by atoms with Crippen molar-refractivity contribution in [2.24, 2.45) is 0 Å². The summed E-state index contributed by atoms with van der Waals surface area (Å²) >= 11 is 6.08. The highest BCUT2D eigenvalue weighted by Crippen LogP contribution is 2.26. The summed E-state index contributed by atoms with van der Waals surface area (Å²) in [6.45, 7) is -0.196. The number of ether oxygens (including phenoxy) is 6. The minimum absolute atomic E-state index is 0.0154. The van der Waals surface area contributed by atoms with Crippen molar-refractivity contribution in [3.8, 4) is 0 Å². The highest BCUT2D eigenvalue weighted by molar-refractivity contribution is 8.13. The van der Waals surface area contributed by atoms with Crippen molar-refractivity contribution in [2.45, 2.75) is 72.4 Å². The van der Waals surface area contributed by atoms with Gasteiger partial charge in [-0.25, -0.2) is 0 Å². The van der Waals surface area contributed by atoms with Crippen LogP contribution < -0.4 is 0 Å². The second-order valence-corrected chi connectivity index (χ2v) is 16.6. The maximum atomic E-state index is 12.1. The molecule has 11 atom stereocenters. The molecule has 1 amide bonds. The Labute approximate surface area is 316 Å². The molecule has 18 nitrogen and oxygen atoms in total. The standard InChI is InChI=1S/C25H47NO16S6.CH4O/c1-14(2-26-15(31)7-48-25(26)36)38-20-12-47-24(6-30)42-19(35)11-46-23(5-29)41-18(34)10-45-22(4-28)40-17(33)9-44-21(3-27)39-16(32)8-43-13-37-20;1-2/h14-24,27-35H,2-13H2,1H3;2H,1H3/t14?,15?,16?,17?,18?,19?,20?,21?,22?,23-,24?;/m0./s1. The molecule has 0 aromatic carbocycles. The van der Waals surface area contributed by atoms with Crippen LogP contribution in [0.3, 0.4) is 0 Å². The lowest BCUT2D eigenvalue weighted by Crippen LogP contribution is -2.41. The van der Waals surface area contributed by atoms with Crippen molar-refractivity contribution in [1.29, 1.82) is 0 Å². The fraction of sp³-hybridized carbons (Fsp3) is 0.962. The molecule has 2 fully saturated rings. The minimum atomic E-state index is -1.41. The molecule has 2 aliphatic heterocycles. The van der Waals surface area contributed by atoms with Gasteiger partial charge in [0.25, 0.3) is 5.24 Å². The summed E-state index contributed by atoms with van der Waals surface area (Å²) in [4.78, 5) is 13.4. The van der Waals surface area contributed by atoms with Crippen LogP contribution in [0.1, 0.15) is 6.92 Å². The molecule has 2 saturated heterocycles. The SMILES string of the molecule is CC(CN1C(=O)SCC1O)OC1CSC(CO)OC(O)CS[C@@H](CO)OC(O)CSC(CO)OC(O)CSC(CO)OC(O)CSCO1.CO. The van der Waals surface area contributed by atoms with Gasteiger partial charge < -0.3 is 84.4 Å². The molecule has 298 valence electrons. The summed E-state index contributed by atoms with van der Waals surface area (Å²) in [5.41, 5.74) is -3.75. The van der Waals surface area contributed by atoms with Gasteiger partial charge in [-0.2, -0.15) is 0 Å². The zero-order chi connectivity index (χ0) is 37.5. The average molecular weight is 842 g/mol. The van der Waals surface area contributed by atoms with Crippen LogP contribution in [-0.4, -0.2) is 207 Å². The molecule has 0 bridgehead atoms. The first kappa shape index (κ1) is 48.9. The first-order chi connectivity index (χ1) is 24.0. The molecule has 0 radical (unpaired) electrons. The van der Waals surface area contributed by atoms with Gasteiger partial charge in [-0.1, -0.05) is 11.8 Å². The molecule has 0 spiro atoms. The number of hydrogen-bond acceptors (Lipinski definition) is 23.